The first-order valence-electron chi connectivity index (χ1n) is 5.75. The third-order valence-corrected chi connectivity index (χ3v) is 3.02. The zero-order valence-electron chi connectivity index (χ0n) is 9.40. The van der Waals surface area contributed by atoms with Crippen LogP contribution in [-0.2, 0) is 0 Å². The third-order valence-electron chi connectivity index (χ3n) is 3.02. The van der Waals surface area contributed by atoms with Gasteiger partial charge in [0.15, 0.2) is 0 Å². The van der Waals surface area contributed by atoms with Crippen LogP contribution in [0.25, 0.3) is 0 Å². The monoisotopic (exact) mass is 235 g/mol. The third kappa shape index (κ3) is 2.75. The molecule has 90 valence electrons. The van der Waals surface area contributed by atoms with Crippen LogP contribution in [0, 0.1) is 17.1 Å². The van der Waals surface area contributed by atoms with Crippen molar-refractivity contribution in [1.29, 1.82) is 5.26 Å². The van der Waals surface area contributed by atoms with E-state index in [1.807, 2.05) is 0 Å². The molecule has 1 aliphatic carbocycles. The van der Waals surface area contributed by atoms with Gasteiger partial charge in [0, 0.05) is 6.07 Å². The quantitative estimate of drug-likeness (QED) is 0.856. The highest BCUT2D eigenvalue weighted by atomic mass is 19.1. The number of rotatable bonds is 2. The number of hydrogen-bond donors (Lipinski definition) is 1. The predicted molar refractivity (Wildman–Crippen MR) is 60.0 cm³/mol. The molecular weight excluding hydrogens is 221 g/mol. The van der Waals surface area contributed by atoms with Gasteiger partial charge in [-0.3, -0.25) is 0 Å². The van der Waals surface area contributed by atoms with Crippen LogP contribution in [-0.4, -0.2) is 17.3 Å². The first kappa shape index (κ1) is 11.9. The lowest BCUT2D eigenvalue weighted by molar-refractivity contribution is 0.00672. The highest BCUT2D eigenvalue weighted by Crippen LogP contribution is 2.25. The summed E-state index contributed by atoms with van der Waals surface area (Å²) >= 11 is 0. The number of aliphatic hydroxyl groups is 1. The van der Waals surface area contributed by atoms with Crippen molar-refractivity contribution in [3.05, 3.63) is 29.6 Å². The molecule has 0 spiro atoms. The minimum absolute atomic E-state index is 0.00143. The maximum Gasteiger partial charge on any atom is 0.144 e. The number of ether oxygens (including phenoxy) is 1. The van der Waals surface area contributed by atoms with Gasteiger partial charge in [0.2, 0.25) is 0 Å². The van der Waals surface area contributed by atoms with E-state index < -0.39 is 11.9 Å². The molecule has 0 aromatic heterocycles. The number of aliphatic hydroxyl groups excluding tert-OH is 1. The van der Waals surface area contributed by atoms with Gasteiger partial charge in [-0.15, -0.1) is 0 Å². The minimum Gasteiger partial charge on any atom is -0.488 e. The Hall–Kier alpha value is -1.60. The van der Waals surface area contributed by atoms with Crippen LogP contribution in [0.1, 0.15) is 31.2 Å². The second-order valence-corrected chi connectivity index (χ2v) is 4.26. The molecule has 4 heteroatoms. The molecule has 0 amide bonds. The molecule has 1 saturated carbocycles. The fourth-order valence-electron chi connectivity index (χ4n) is 2.05. The molecule has 1 N–H and O–H groups in total. The largest absolute Gasteiger partial charge is 0.488 e. The van der Waals surface area contributed by atoms with Gasteiger partial charge in [0.25, 0.3) is 0 Å². The molecule has 1 aromatic rings. The van der Waals surface area contributed by atoms with Gasteiger partial charge in [-0.05, 0) is 31.4 Å². The van der Waals surface area contributed by atoms with Crippen molar-refractivity contribution in [3.8, 4) is 11.8 Å². The molecule has 2 unspecified atom stereocenters. The second-order valence-electron chi connectivity index (χ2n) is 4.26. The standard InChI is InChI=1S/C13H14FNO2/c14-11-7-10(6-5-9(11)8-15)17-13-4-2-1-3-12(13)16/h5-7,12-13,16H,1-4H2. The van der Waals surface area contributed by atoms with Crippen LogP contribution in [0.5, 0.6) is 5.75 Å². The summed E-state index contributed by atoms with van der Waals surface area (Å²) in [4.78, 5) is 0. The van der Waals surface area contributed by atoms with E-state index in [9.17, 15) is 9.50 Å². The Labute approximate surface area is 99.4 Å². The average molecular weight is 235 g/mol. The Balaban J connectivity index is 2.08. The van der Waals surface area contributed by atoms with E-state index in [4.69, 9.17) is 10.00 Å². The Bertz CT molecular complexity index is 442. The molecule has 3 nitrogen and oxygen atoms in total. The van der Waals surface area contributed by atoms with E-state index in [1.165, 1.54) is 12.1 Å². The van der Waals surface area contributed by atoms with Crippen molar-refractivity contribution < 1.29 is 14.2 Å². The highest BCUT2D eigenvalue weighted by molar-refractivity contribution is 5.36. The van der Waals surface area contributed by atoms with Gasteiger partial charge in [0.05, 0.1) is 11.7 Å². The number of nitriles is 1. The lowest BCUT2D eigenvalue weighted by Gasteiger charge is -2.28. The summed E-state index contributed by atoms with van der Waals surface area (Å²) in [5.74, 6) is -0.220. The van der Waals surface area contributed by atoms with Crippen LogP contribution >= 0.6 is 0 Å². The van der Waals surface area contributed by atoms with Gasteiger partial charge in [-0.2, -0.15) is 5.26 Å². The van der Waals surface area contributed by atoms with Gasteiger partial charge in [-0.25, -0.2) is 4.39 Å². The highest BCUT2D eigenvalue weighted by Gasteiger charge is 2.24. The van der Waals surface area contributed by atoms with E-state index in [2.05, 4.69) is 0 Å². The van der Waals surface area contributed by atoms with Crippen molar-refractivity contribution in [2.45, 2.75) is 37.9 Å². The SMILES string of the molecule is N#Cc1ccc(OC2CCCCC2O)cc1F. The van der Waals surface area contributed by atoms with Gasteiger partial charge in [-0.1, -0.05) is 6.42 Å². The Morgan fingerprint density at radius 2 is 2.12 bits per heavy atom. The van der Waals surface area contributed by atoms with Crippen molar-refractivity contribution >= 4 is 0 Å². The molecule has 17 heavy (non-hydrogen) atoms. The maximum absolute atomic E-state index is 13.3. The zero-order chi connectivity index (χ0) is 12.3. The summed E-state index contributed by atoms with van der Waals surface area (Å²) in [5, 5.41) is 18.3. The molecule has 0 heterocycles. The summed E-state index contributed by atoms with van der Waals surface area (Å²) in [5.41, 5.74) is 0.00143. The topological polar surface area (TPSA) is 53.2 Å². The molecule has 0 radical (unpaired) electrons. The van der Waals surface area contributed by atoms with Gasteiger partial charge >= 0.3 is 0 Å². The van der Waals surface area contributed by atoms with Gasteiger partial charge < -0.3 is 9.84 Å². The first-order chi connectivity index (χ1) is 8.20. The van der Waals surface area contributed by atoms with Crippen LogP contribution in [0.15, 0.2) is 18.2 Å². The Kier molecular flexibility index (Phi) is 3.60. The van der Waals surface area contributed by atoms with Crippen LogP contribution in [0.2, 0.25) is 0 Å². The number of halogens is 1. The molecule has 1 aromatic carbocycles. The summed E-state index contributed by atoms with van der Waals surface area (Å²) < 4.78 is 18.9. The van der Waals surface area contributed by atoms with E-state index in [0.717, 1.165) is 25.7 Å². The van der Waals surface area contributed by atoms with E-state index >= 15 is 0 Å². The molecule has 2 atom stereocenters. The number of nitrogens with zero attached hydrogens (tertiary/aromatic N) is 1. The van der Waals surface area contributed by atoms with Crippen LogP contribution in [0.4, 0.5) is 4.39 Å². The van der Waals surface area contributed by atoms with Crippen LogP contribution in [0.3, 0.4) is 0 Å². The summed E-state index contributed by atoms with van der Waals surface area (Å²) in [7, 11) is 0. The molecule has 1 aliphatic rings. The van der Waals surface area contributed by atoms with Crippen molar-refractivity contribution in [3.63, 3.8) is 0 Å². The molecular formula is C13H14FNO2. The van der Waals surface area contributed by atoms with Gasteiger partial charge in [0.1, 0.15) is 23.7 Å². The zero-order valence-corrected chi connectivity index (χ0v) is 9.40. The fraction of sp³-hybridized carbons (Fsp3) is 0.462. The molecule has 0 bridgehead atoms. The molecule has 0 saturated heterocycles. The average Bonchev–Trinajstić information content (AvgIpc) is 2.32. The van der Waals surface area contributed by atoms with E-state index in [1.54, 1.807) is 12.1 Å². The molecule has 1 fully saturated rings. The Morgan fingerprint density at radius 1 is 1.35 bits per heavy atom. The normalized spacial score (nSPS) is 24.1. The second kappa shape index (κ2) is 5.15. The van der Waals surface area contributed by atoms with E-state index in [-0.39, 0.29) is 11.7 Å². The minimum atomic E-state index is -0.588. The fourth-order valence-corrected chi connectivity index (χ4v) is 2.05. The molecule has 2 rings (SSSR count). The molecule has 0 aliphatic heterocycles. The summed E-state index contributed by atoms with van der Waals surface area (Å²) in [6, 6.07) is 5.90. The predicted octanol–water partition coefficient (Wildman–Crippen LogP) is 2.38. The number of benzene rings is 1. The lowest BCUT2D eigenvalue weighted by Crippen LogP contribution is -2.34. The summed E-state index contributed by atoms with van der Waals surface area (Å²) in [6.07, 6.45) is 2.77. The van der Waals surface area contributed by atoms with Crippen LogP contribution < -0.4 is 4.74 Å². The first-order valence-corrected chi connectivity index (χ1v) is 5.75. The Morgan fingerprint density at radius 3 is 2.76 bits per heavy atom. The number of hydrogen-bond acceptors (Lipinski definition) is 3. The van der Waals surface area contributed by atoms with E-state index in [0.29, 0.717) is 5.75 Å². The maximum atomic E-state index is 13.3. The van der Waals surface area contributed by atoms with Crippen molar-refractivity contribution in [2.75, 3.05) is 0 Å². The summed E-state index contributed by atoms with van der Waals surface area (Å²) in [6.45, 7) is 0. The lowest BCUT2D eigenvalue weighted by atomic mass is 9.95. The van der Waals surface area contributed by atoms with Crippen molar-refractivity contribution in [2.24, 2.45) is 0 Å². The van der Waals surface area contributed by atoms with Crippen molar-refractivity contribution in [1.82, 2.24) is 0 Å². The smallest absolute Gasteiger partial charge is 0.144 e.